The summed E-state index contributed by atoms with van der Waals surface area (Å²) in [5, 5.41) is 0.444. The molecule has 0 amide bonds. The maximum absolute atomic E-state index is 13.3. The van der Waals surface area contributed by atoms with Gasteiger partial charge in [-0.3, -0.25) is 4.79 Å². The molecule has 0 spiro atoms. The SMILES string of the molecule is Cc1cc(F)ccc1Oc1cccc2c(=O)cc(N3CCOCC3)oc12. The zero-order valence-electron chi connectivity index (χ0n) is 14.3. The summed E-state index contributed by atoms with van der Waals surface area (Å²) in [5.41, 5.74) is 0.910. The van der Waals surface area contributed by atoms with Gasteiger partial charge in [0.15, 0.2) is 22.6 Å². The van der Waals surface area contributed by atoms with Crippen molar-refractivity contribution in [3.05, 3.63) is 64.1 Å². The first-order chi connectivity index (χ1) is 12.6. The lowest BCUT2D eigenvalue weighted by molar-refractivity contribution is 0.121. The number of hydrogen-bond donors (Lipinski definition) is 0. The van der Waals surface area contributed by atoms with Crippen LogP contribution in [-0.4, -0.2) is 26.3 Å². The van der Waals surface area contributed by atoms with Crippen molar-refractivity contribution in [3.63, 3.8) is 0 Å². The summed E-state index contributed by atoms with van der Waals surface area (Å²) in [5.74, 6) is 1.11. The third-order valence-corrected chi connectivity index (χ3v) is 4.39. The third kappa shape index (κ3) is 3.15. The molecule has 1 aromatic heterocycles. The first kappa shape index (κ1) is 16.6. The molecule has 0 unspecified atom stereocenters. The highest BCUT2D eigenvalue weighted by molar-refractivity contribution is 5.83. The fraction of sp³-hybridized carbons (Fsp3) is 0.250. The van der Waals surface area contributed by atoms with Crippen LogP contribution in [0.4, 0.5) is 10.3 Å². The molecule has 5 nitrogen and oxygen atoms in total. The lowest BCUT2D eigenvalue weighted by atomic mass is 10.2. The number of morpholine rings is 1. The number of aryl methyl sites for hydroxylation is 1. The van der Waals surface area contributed by atoms with Crippen LogP contribution in [0.3, 0.4) is 0 Å². The molecule has 1 aliphatic heterocycles. The molecular formula is C20H18FNO4. The van der Waals surface area contributed by atoms with Crippen LogP contribution in [0, 0.1) is 12.7 Å². The normalized spacial score (nSPS) is 14.6. The lowest BCUT2D eigenvalue weighted by Gasteiger charge is -2.27. The van der Waals surface area contributed by atoms with E-state index in [0.717, 1.165) is 0 Å². The van der Waals surface area contributed by atoms with Gasteiger partial charge in [-0.05, 0) is 42.8 Å². The van der Waals surface area contributed by atoms with E-state index in [1.54, 1.807) is 31.2 Å². The number of ether oxygens (including phenoxy) is 2. The summed E-state index contributed by atoms with van der Waals surface area (Å²) in [4.78, 5) is 14.5. The predicted molar refractivity (Wildman–Crippen MR) is 96.7 cm³/mol. The largest absolute Gasteiger partial charge is 0.453 e. The number of anilines is 1. The van der Waals surface area contributed by atoms with Gasteiger partial charge in [-0.1, -0.05) is 6.07 Å². The van der Waals surface area contributed by atoms with Crippen molar-refractivity contribution in [2.45, 2.75) is 6.92 Å². The standard InChI is InChI=1S/C20H18FNO4/c1-13-11-14(21)5-6-17(13)25-18-4-2-3-15-16(23)12-19(26-20(15)18)22-7-9-24-10-8-22/h2-6,11-12H,7-10H2,1H3. The maximum Gasteiger partial charge on any atom is 0.200 e. The van der Waals surface area contributed by atoms with Gasteiger partial charge in [-0.2, -0.15) is 0 Å². The summed E-state index contributed by atoms with van der Waals surface area (Å²) < 4.78 is 30.6. The Morgan fingerprint density at radius 1 is 1.08 bits per heavy atom. The van der Waals surface area contributed by atoms with Gasteiger partial charge < -0.3 is 18.8 Å². The second kappa shape index (κ2) is 6.80. The Morgan fingerprint density at radius 2 is 1.88 bits per heavy atom. The molecule has 0 atom stereocenters. The van der Waals surface area contributed by atoms with Crippen LogP contribution in [0.15, 0.2) is 51.7 Å². The van der Waals surface area contributed by atoms with Crippen LogP contribution >= 0.6 is 0 Å². The molecule has 0 N–H and O–H groups in total. The van der Waals surface area contributed by atoms with Crippen molar-refractivity contribution in [3.8, 4) is 11.5 Å². The van der Waals surface area contributed by atoms with Crippen molar-refractivity contribution < 1.29 is 18.3 Å². The highest BCUT2D eigenvalue weighted by atomic mass is 19.1. The van der Waals surface area contributed by atoms with Crippen molar-refractivity contribution in [2.75, 3.05) is 31.2 Å². The molecule has 2 aromatic carbocycles. The molecule has 0 saturated carbocycles. The smallest absolute Gasteiger partial charge is 0.200 e. The minimum Gasteiger partial charge on any atom is -0.453 e. The van der Waals surface area contributed by atoms with Gasteiger partial charge in [0.2, 0.25) is 0 Å². The number of fused-ring (bicyclic) bond motifs is 1. The molecular weight excluding hydrogens is 337 g/mol. The highest BCUT2D eigenvalue weighted by Gasteiger charge is 2.17. The van der Waals surface area contributed by atoms with Crippen LogP contribution in [0.25, 0.3) is 11.0 Å². The molecule has 4 rings (SSSR count). The second-order valence-corrected chi connectivity index (χ2v) is 6.19. The quantitative estimate of drug-likeness (QED) is 0.714. The first-order valence-corrected chi connectivity index (χ1v) is 8.45. The number of benzene rings is 2. The molecule has 3 aromatic rings. The van der Waals surface area contributed by atoms with Gasteiger partial charge in [0.25, 0.3) is 0 Å². The summed E-state index contributed by atoms with van der Waals surface area (Å²) in [6, 6.07) is 11.0. The van der Waals surface area contributed by atoms with E-state index < -0.39 is 0 Å². The molecule has 2 heterocycles. The Kier molecular flexibility index (Phi) is 4.34. The second-order valence-electron chi connectivity index (χ2n) is 6.19. The van der Waals surface area contributed by atoms with E-state index in [4.69, 9.17) is 13.9 Å². The fourth-order valence-electron chi connectivity index (χ4n) is 3.00. The Bertz CT molecular complexity index is 1010. The highest BCUT2D eigenvalue weighted by Crippen LogP contribution is 2.32. The number of nitrogens with zero attached hydrogens (tertiary/aromatic N) is 1. The summed E-state index contributed by atoms with van der Waals surface area (Å²) in [6.45, 7) is 4.27. The van der Waals surface area contributed by atoms with Crippen LogP contribution in [0.5, 0.6) is 11.5 Å². The zero-order valence-corrected chi connectivity index (χ0v) is 14.3. The number of halogens is 1. The van der Waals surface area contributed by atoms with Crippen molar-refractivity contribution >= 4 is 16.9 Å². The fourth-order valence-corrected chi connectivity index (χ4v) is 3.00. The Balaban J connectivity index is 1.79. The molecule has 134 valence electrons. The van der Waals surface area contributed by atoms with Crippen molar-refractivity contribution in [2.24, 2.45) is 0 Å². The van der Waals surface area contributed by atoms with E-state index in [0.29, 0.717) is 60.2 Å². The number of para-hydroxylation sites is 1. The molecule has 0 aliphatic carbocycles. The van der Waals surface area contributed by atoms with Gasteiger partial charge in [0.1, 0.15) is 11.6 Å². The predicted octanol–water partition coefficient (Wildman–Crippen LogP) is 3.87. The van der Waals surface area contributed by atoms with Gasteiger partial charge in [-0.15, -0.1) is 0 Å². The van der Waals surface area contributed by atoms with Gasteiger partial charge >= 0.3 is 0 Å². The lowest BCUT2D eigenvalue weighted by Crippen LogP contribution is -2.36. The van der Waals surface area contributed by atoms with Crippen LogP contribution in [0.1, 0.15) is 5.56 Å². The monoisotopic (exact) mass is 355 g/mol. The summed E-state index contributed by atoms with van der Waals surface area (Å²) >= 11 is 0. The van der Waals surface area contributed by atoms with Gasteiger partial charge in [0.05, 0.1) is 18.6 Å². The van der Waals surface area contributed by atoms with E-state index in [9.17, 15) is 9.18 Å². The molecule has 1 aliphatic rings. The van der Waals surface area contributed by atoms with Crippen LogP contribution < -0.4 is 15.1 Å². The van der Waals surface area contributed by atoms with Crippen molar-refractivity contribution in [1.82, 2.24) is 0 Å². The molecule has 0 radical (unpaired) electrons. The first-order valence-electron chi connectivity index (χ1n) is 8.45. The van der Waals surface area contributed by atoms with Gasteiger partial charge in [-0.25, -0.2) is 4.39 Å². The summed E-state index contributed by atoms with van der Waals surface area (Å²) in [6.07, 6.45) is 0. The van der Waals surface area contributed by atoms with E-state index >= 15 is 0 Å². The molecule has 6 heteroatoms. The zero-order chi connectivity index (χ0) is 18.1. The number of rotatable bonds is 3. The average Bonchev–Trinajstić information content (AvgIpc) is 2.65. The van der Waals surface area contributed by atoms with E-state index in [1.807, 2.05) is 4.90 Å². The maximum atomic E-state index is 13.3. The van der Waals surface area contributed by atoms with Gasteiger partial charge in [0, 0.05) is 19.2 Å². The molecule has 1 fully saturated rings. The third-order valence-electron chi connectivity index (χ3n) is 4.39. The minimum absolute atomic E-state index is 0.131. The van der Waals surface area contributed by atoms with E-state index in [2.05, 4.69) is 0 Å². The Labute approximate surface area is 149 Å². The van der Waals surface area contributed by atoms with Crippen molar-refractivity contribution in [1.29, 1.82) is 0 Å². The Morgan fingerprint density at radius 3 is 2.65 bits per heavy atom. The molecule has 1 saturated heterocycles. The molecule has 0 bridgehead atoms. The van der Waals surface area contributed by atoms with Crippen LogP contribution in [-0.2, 0) is 4.74 Å². The summed E-state index contributed by atoms with van der Waals surface area (Å²) in [7, 11) is 0. The minimum atomic E-state index is -0.325. The van der Waals surface area contributed by atoms with Crippen LogP contribution in [0.2, 0.25) is 0 Å². The Hall–Kier alpha value is -2.86. The number of hydrogen-bond acceptors (Lipinski definition) is 5. The van der Waals surface area contributed by atoms with E-state index in [1.165, 1.54) is 18.2 Å². The topological polar surface area (TPSA) is 51.9 Å². The average molecular weight is 355 g/mol. The van der Waals surface area contributed by atoms with E-state index in [-0.39, 0.29) is 11.2 Å². The molecule has 26 heavy (non-hydrogen) atoms.